The van der Waals surface area contributed by atoms with Gasteiger partial charge in [0.1, 0.15) is 29.7 Å². The van der Waals surface area contributed by atoms with Crippen molar-refractivity contribution >= 4 is 28.1 Å². The minimum Gasteiger partial charge on any atom is -0.508 e. The number of nitrogens with one attached hydrogen (secondary N) is 1. The molecular formula is C21H16BrFN2O4. The normalized spacial score (nSPS) is 10.8. The van der Waals surface area contributed by atoms with Crippen molar-refractivity contribution in [1.29, 1.82) is 0 Å². The summed E-state index contributed by atoms with van der Waals surface area (Å²) in [6.45, 7) is 0.161. The first-order chi connectivity index (χ1) is 13.9. The smallest absolute Gasteiger partial charge is 0.275 e. The van der Waals surface area contributed by atoms with Gasteiger partial charge in [-0.2, -0.15) is 5.10 Å². The number of halogens is 2. The molecule has 3 rings (SSSR count). The molecule has 3 N–H and O–H groups in total. The molecule has 0 aliphatic carbocycles. The van der Waals surface area contributed by atoms with E-state index in [0.717, 1.165) is 10.5 Å². The molecule has 0 aliphatic rings. The molecule has 0 saturated carbocycles. The maximum absolute atomic E-state index is 13.3. The molecule has 148 valence electrons. The second-order valence-electron chi connectivity index (χ2n) is 6.00. The van der Waals surface area contributed by atoms with Crippen molar-refractivity contribution in [2.75, 3.05) is 0 Å². The van der Waals surface area contributed by atoms with E-state index in [1.54, 1.807) is 30.3 Å². The number of benzene rings is 3. The molecule has 3 aromatic rings. The number of rotatable bonds is 6. The van der Waals surface area contributed by atoms with Crippen molar-refractivity contribution in [3.63, 3.8) is 0 Å². The van der Waals surface area contributed by atoms with Crippen LogP contribution in [0.4, 0.5) is 4.39 Å². The van der Waals surface area contributed by atoms with E-state index in [-0.39, 0.29) is 29.5 Å². The van der Waals surface area contributed by atoms with Crippen molar-refractivity contribution in [3.8, 4) is 17.2 Å². The van der Waals surface area contributed by atoms with Gasteiger partial charge >= 0.3 is 0 Å². The number of phenols is 2. The Balaban J connectivity index is 1.71. The minimum atomic E-state index is -0.643. The molecule has 0 aromatic heterocycles. The van der Waals surface area contributed by atoms with E-state index < -0.39 is 5.91 Å². The van der Waals surface area contributed by atoms with E-state index in [9.17, 15) is 19.4 Å². The Morgan fingerprint density at radius 2 is 1.97 bits per heavy atom. The highest BCUT2D eigenvalue weighted by Gasteiger charge is 2.11. The maximum Gasteiger partial charge on any atom is 0.275 e. The number of ether oxygens (including phenoxy) is 1. The van der Waals surface area contributed by atoms with Gasteiger partial charge in [-0.3, -0.25) is 4.79 Å². The maximum atomic E-state index is 13.3. The van der Waals surface area contributed by atoms with Crippen LogP contribution in [0.25, 0.3) is 0 Å². The third-order valence-corrected chi connectivity index (χ3v) is 4.34. The Bertz CT molecular complexity index is 1070. The number of carbonyl (C=O) groups is 1. The summed E-state index contributed by atoms with van der Waals surface area (Å²) < 4.78 is 19.8. The zero-order valence-corrected chi connectivity index (χ0v) is 16.6. The van der Waals surface area contributed by atoms with E-state index in [2.05, 4.69) is 26.5 Å². The highest BCUT2D eigenvalue weighted by Crippen LogP contribution is 2.24. The van der Waals surface area contributed by atoms with Crippen LogP contribution in [0.5, 0.6) is 17.2 Å². The zero-order valence-electron chi connectivity index (χ0n) is 15.0. The summed E-state index contributed by atoms with van der Waals surface area (Å²) >= 11 is 3.36. The van der Waals surface area contributed by atoms with E-state index in [1.165, 1.54) is 30.5 Å². The number of hydrazone groups is 1. The molecule has 0 fully saturated rings. The van der Waals surface area contributed by atoms with Gasteiger partial charge in [0.2, 0.25) is 0 Å². The van der Waals surface area contributed by atoms with Gasteiger partial charge in [0.15, 0.2) is 0 Å². The van der Waals surface area contributed by atoms with E-state index >= 15 is 0 Å². The number of amides is 1. The van der Waals surface area contributed by atoms with E-state index in [4.69, 9.17) is 4.74 Å². The van der Waals surface area contributed by atoms with Gasteiger partial charge in [0.05, 0.1) is 11.8 Å². The number of hydrogen-bond donors (Lipinski definition) is 3. The second kappa shape index (κ2) is 9.20. The summed E-state index contributed by atoms with van der Waals surface area (Å²) in [5, 5.41) is 22.9. The largest absolute Gasteiger partial charge is 0.508 e. The van der Waals surface area contributed by atoms with Crippen LogP contribution in [0, 0.1) is 5.82 Å². The predicted octanol–water partition coefficient (Wildman–Crippen LogP) is 4.34. The quantitative estimate of drug-likeness (QED) is 0.378. The van der Waals surface area contributed by atoms with Gasteiger partial charge in [-0.05, 0) is 48.0 Å². The van der Waals surface area contributed by atoms with Crippen LogP contribution < -0.4 is 10.2 Å². The first-order valence-electron chi connectivity index (χ1n) is 8.44. The lowest BCUT2D eigenvalue weighted by molar-refractivity contribution is 0.0952. The predicted molar refractivity (Wildman–Crippen MR) is 110 cm³/mol. The summed E-state index contributed by atoms with van der Waals surface area (Å²) in [6, 6.07) is 15.0. The van der Waals surface area contributed by atoms with Gasteiger partial charge in [0, 0.05) is 16.1 Å². The Kier molecular flexibility index (Phi) is 6.46. The standard InChI is InChI=1S/C21H16BrFN2O4/c22-15-4-7-20(29-12-13-2-1-3-16(23)8-13)14(9-15)11-24-25-21(28)18-6-5-17(26)10-19(18)27/h1-11,26-27H,12H2,(H,25,28)/b24-11-. The molecule has 29 heavy (non-hydrogen) atoms. The molecule has 0 saturated heterocycles. The van der Waals surface area contributed by atoms with Crippen LogP contribution in [0.2, 0.25) is 0 Å². The van der Waals surface area contributed by atoms with Gasteiger partial charge in [0.25, 0.3) is 5.91 Å². The van der Waals surface area contributed by atoms with Gasteiger partial charge in [-0.25, -0.2) is 9.82 Å². The van der Waals surface area contributed by atoms with Crippen LogP contribution >= 0.6 is 15.9 Å². The first-order valence-corrected chi connectivity index (χ1v) is 9.24. The molecule has 0 unspecified atom stereocenters. The SMILES string of the molecule is O=C(N/N=C\c1cc(Br)ccc1OCc1cccc(F)c1)c1ccc(O)cc1O. The zero-order chi connectivity index (χ0) is 20.8. The molecule has 0 bridgehead atoms. The monoisotopic (exact) mass is 458 g/mol. The minimum absolute atomic E-state index is 0.0308. The third kappa shape index (κ3) is 5.55. The van der Waals surface area contributed by atoms with Crippen molar-refractivity contribution in [2.45, 2.75) is 6.61 Å². The number of hydrogen-bond acceptors (Lipinski definition) is 5. The van der Waals surface area contributed by atoms with Gasteiger partial charge in [-0.1, -0.05) is 28.1 Å². The Morgan fingerprint density at radius 1 is 1.14 bits per heavy atom. The Morgan fingerprint density at radius 3 is 2.72 bits per heavy atom. The highest BCUT2D eigenvalue weighted by atomic mass is 79.9. The van der Waals surface area contributed by atoms with Crippen molar-refractivity contribution < 1.29 is 24.1 Å². The Labute approximate surface area is 174 Å². The summed E-state index contributed by atoms with van der Waals surface area (Å²) in [5.74, 6) is -1.01. The molecule has 8 heteroatoms. The average molecular weight is 459 g/mol. The number of nitrogens with zero attached hydrogens (tertiary/aromatic N) is 1. The molecule has 0 aliphatic heterocycles. The first kappa shape index (κ1) is 20.3. The van der Waals surface area contributed by atoms with Gasteiger partial charge < -0.3 is 14.9 Å². The van der Waals surface area contributed by atoms with Crippen LogP contribution in [0.15, 0.2) is 70.2 Å². The van der Waals surface area contributed by atoms with Crippen LogP contribution in [0.1, 0.15) is 21.5 Å². The molecule has 6 nitrogen and oxygen atoms in total. The number of aromatic hydroxyl groups is 2. The molecule has 0 atom stereocenters. The number of carbonyl (C=O) groups excluding carboxylic acids is 1. The molecule has 0 spiro atoms. The lowest BCUT2D eigenvalue weighted by Crippen LogP contribution is -2.17. The second-order valence-corrected chi connectivity index (χ2v) is 6.92. The molecule has 1 amide bonds. The van der Waals surface area contributed by atoms with Crippen LogP contribution in [0.3, 0.4) is 0 Å². The fourth-order valence-corrected chi connectivity index (χ4v) is 2.85. The average Bonchev–Trinajstić information content (AvgIpc) is 2.67. The van der Waals surface area contributed by atoms with Crippen LogP contribution in [-0.4, -0.2) is 22.3 Å². The Hall–Kier alpha value is -3.39. The molecular weight excluding hydrogens is 443 g/mol. The van der Waals surface area contributed by atoms with Crippen molar-refractivity contribution in [2.24, 2.45) is 5.10 Å². The fraction of sp³-hybridized carbons (Fsp3) is 0.0476. The summed E-state index contributed by atoms with van der Waals surface area (Å²) in [7, 11) is 0. The third-order valence-electron chi connectivity index (χ3n) is 3.85. The van der Waals surface area contributed by atoms with E-state index in [1.807, 2.05) is 0 Å². The van der Waals surface area contributed by atoms with E-state index in [0.29, 0.717) is 16.9 Å². The molecule has 0 heterocycles. The fourth-order valence-electron chi connectivity index (χ4n) is 2.47. The number of phenolic OH excluding ortho intramolecular Hbond substituents is 2. The lowest BCUT2D eigenvalue weighted by atomic mass is 10.2. The summed E-state index contributed by atoms with van der Waals surface area (Å²) in [4.78, 5) is 12.1. The summed E-state index contributed by atoms with van der Waals surface area (Å²) in [6.07, 6.45) is 1.39. The summed E-state index contributed by atoms with van der Waals surface area (Å²) in [5.41, 5.74) is 3.52. The topological polar surface area (TPSA) is 91.2 Å². The van der Waals surface area contributed by atoms with Crippen molar-refractivity contribution in [1.82, 2.24) is 5.43 Å². The highest BCUT2D eigenvalue weighted by molar-refractivity contribution is 9.10. The van der Waals surface area contributed by atoms with Crippen molar-refractivity contribution in [3.05, 3.63) is 87.6 Å². The molecule has 3 aromatic carbocycles. The lowest BCUT2D eigenvalue weighted by Gasteiger charge is -2.10. The molecule has 0 radical (unpaired) electrons. The van der Waals surface area contributed by atoms with Gasteiger partial charge in [-0.15, -0.1) is 0 Å². The van der Waals surface area contributed by atoms with Crippen LogP contribution in [-0.2, 0) is 6.61 Å².